The van der Waals surface area contributed by atoms with E-state index in [4.69, 9.17) is 0 Å². The van der Waals surface area contributed by atoms with Gasteiger partial charge >= 0.3 is 0 Å². The van der Waals surface area contributed by atoms with E-state index < -0.39 is 0 Å². The smallest absolute Gasteiger partial charge is 0.134 e. The Kier molecular flexibility index (Phi) is 3.96. The third kappa shape index (κ3) is 2.75. The molecule has 17 heavy (non-hydrogen) atoms. The predicted octanol–water partition coefficient (Wildman–Crippen LogP) is 0.962. The van der Waals surface area contributed by atoms with Crippen LogP contribution in [0.25, 0.3) is 0 Å². The van der Waals surface area contributed by atoms with Gasteiger partial charge in [-0.3, -0.25) is 4.90 Å². The van der Waals surface area contributed by atoms with Crippen LogP contribution in [-0.2, 0) is 6.54 Å². The first-order chi connectivity index (χ1) is 8.11. The zero-order valence-corrected chi connectivity index (χ0v) is 11.8. The number of anilines is 1. The molecule has 2 unspecified atom stereocenters. The minimum atomic E-state index is 0.652. The minimum Gasteiger partial charge on any atom is -0.377 e. The third-order valence-corrected chi connectivity index (χ3v) is 4.25. The van der Waals surface area contributed by atoms with Crippen LogP contribution >= 0.6 is 11.5 Å². The summed E-state index contributed by atoms with van der Waals surface area (Å²) in [5.41, 5.74) is 1.07. The van der Waals surface area contributed by atoms with Crippen LogP contribution in [-0.4, -0.2) is 59.7 Å². The molecule has 6 heteroatoms. The summed E-state index contributed by atoms with van der Waals surface area (Å²) in [5.74, 6) is 0.717. The fourth-order valence-electron chi connectivity index (χ4n) is 2.56. The van der Waals surface area contributed by atoms with Crippen molar-refractivity contribution in [2.45, 2.75) is 19.5 Å². The molecular weight excluding hydrogens is 234 g/mol. The van der Waals surface area contributed by atoms with E-state index in [0.717, 1.165) is 36.2 Å². The van der Waals surface area contributed by atoms with E-state index in [2.05, 4.69) is 45.7 Å². The highest BCUT2D eigenvalue weighted by Gasteiger charge is 2.31. The van der Waals surface area contributed by atoms with Crippen LogP contribution in [0.2, 0.25) is 0 Å². The molecule has 1 aliphatic rings. The Morgan fingerprint density at radius 3 is 2.82 bits per heavy atom. The molecule has 1 N–H and O–H groups in total. The highest BCUT2D eigenvalue weighted by Crippen LogP contribution is 2.24. The van der Waals surface area contributed by atoms with Crippen molar-refractivity contribution in [1.82, 2.24) is 19.4 Å². The normalized spacial score (nSPS) is 25.7. The zero-order chi connectivity index (χ0) is 12.4. The molecule has 0 amide bonds. The van der Waals surface area contributed by atoms with Gasteiger partial charge < -0.3 is 10.2 Å². The second-order valence-electron chi connectivity index (χ2n) is 5.00. The van der Waals surface area contributed by atoms with Gasteiger partial charge in [0.15, 0.2) is 0 Å². The Bertz CT molecular complexity index is 364. The molecule has 1 saturated heterocycles. The van der Waals surface area contributed by atoms with E-state index in [-0.39, 0.29) is 0 Å². The lowest BCUT2D eigenvalue weighted by Crippen LogP contribution is -2.34. The fourth-order valence-corrected chi connectivity index (χ4v) is 3.09. The number of hydrogen-bond donors (Lipinski definition) is 1. The Balaban J connectivity index is 1.97. The maximum atomic E-state index is 4.20. The average Bonchev–Trinajstić information content (AvgIpc) is 2.85. The van der Waals surface area contributed by atoms with Crippen molar-refractivity contribution in [2.24, 2.45) is 5.92 Å². The molecule has 5 nitrogen and oxygen atoms in total. The van der Waals surface area contributed by atoms with Gasteiger partial charge in [0.25, 0.3) is 0 Å². The summed E-state index contributed by atoms with van der Waals surface area (Å²) in [6.07, 6.45) is 0. The lowest BCUT2D eigenvalue weighted by atomic mass is 10.1. The molecule has 1 aromatic heterocycles. The summed E-state index contributed by atoms with van der Waals surface area (Å²) in [6, 6.07) is 0.652. The van der Waals surface area contributed by atoms with Crippen molar-refractivity contribution in [3.8, 4) is 0 Å². The van der Waals surface area contributed by atoms with Gasteiger partial charge in [0.1, 0.15) is 10.7 Å². The largest absolute Gasteiger partial charge is 0.377 e. The van der Waals surface area contributed by atoms with Gasteiger partial charge in [-0.15, -0.1) is 5.10 Å². The van der Waals surface area contributed by atoms with Gasteiger partial charge in [0.2, 0.25) is 0 Å². The van der Waals surface area contributed by atoms with E-state index in [1.165, 1.54) is 11.5 Å². The number of nitrogens with one attached hydrogen (secondary N) is 1. The Labute approximate surface area is 107 Å². The third-order valence-electron chi connectivity index (χ3n) is 3.47. The van der Waals surface area contributed by atoms with Gasteiger partial charge in [0, 0.05) is 44.3 Å². The van der Waals surface area contributed by atoms with Crippen LogP contribution < -0.4 is 5.32 Å². The molecule has 0 saturated carbocycles. The summed E-state index contributed by atoms with van der Waals surface area (Å²) in [4.78, 5) is 4.79. The van der Waals surface area contributed by atoms with Gasteiger partial charge in [0.05, 0.1) is 0 Å². The zero-order valence-electron chi connectivity index (χ0n) is 11.0. The van der Waals surface area contributed by atoms with Crippen molar-refractivity contribution in [1.29, 1.82) is 0 Å². The molecule has 1 aromatic rings. The van der Waals surface area contributed by atoms with E-state index in [1.807, 2.05) is 7.05 Å². The van der Waals surface area contributed by atoms with Crippen LogP contribution in [0, 0.1) is 5.92 Å². The highest BCUT2D eigenvalue weighted by atomic mass is 32.1. The first kappa shape index (κ1) is 12.7. The molecule has 0 bridgehead atoms. The highest BCUT2D eigenvalue weighted by molar-refractivity contribution is 7.10. The molecule has 96 valence electrons. The number of nitrogens with zero attached hydrogens (tertiary/aromatic N) is 4. The van der Waals surface area contributed by atoms with Gasteiger partial charge in [-0.25, -0.2) is 0 Å². The number of aromatic nitrogens is 2. The quantitative estimate of drug-likeness (QED) is 0.868. The Hall–Kier alpha value is -0.720. The van der Waals surface area contributed by atoms with Gasteiger partial charge in [-0.1, -0.05) is 11.4 Å². The molecule has 2 atom stereocenters. The van der Waals surface area contributed by atoms with Crippen molar-refractivity contribution in [3.63, 3.8) is 0 Å². The minimum absolute atomic E-state index is 0.652. The average molecular weight is 255 g/mol. The molecule has 2 rings (SSSR count). The molecule has 1 fully saturated rings. The first-order valence-corrected chi connectivity index (χ1v) is 6.77. The van der Waals surface area contributed by atoms with Gasteiger partial charge in [-0.2, -0.15) is 0 Å². The van der Waals surface area contributed by atoms with Crippen molar-refractivity contribution in [3.05, 3.63) is 5.69 Å². The fraction of sp³-hybridized carbons (Fsp3) is 0.818. The van der Waals surface area contributed by atoms with Crippen molar-refractivity contribution < 1.29 is 0 Å². The first-order valence-electron chi connectivity index (χ1n) is 5.99. The van der Waals surface area contributed by atoms with Crippen LogP contribution in [0.3, 0.4) is 0 Å². The lowest BCUT2D eigenvalue weighted by molar-refractivity contribution is 0.249. The predicted molar refractivity (Wildman–Crippen MR) is 71.4 cm³/mol. The van der Waals surface area contributed by atoms with Crippen LogP contribution in [0.1, 0.15) is 12.6 Å². The number of likely N-dealkylation sites (N-methyl/N-ethyl adjacent to an activating group) is 1. The maximum absolute atomic E-state index is 4.20. The summed E-state index contributed by atoms with van der Waals surface area (Å²) < 4.78 is 4.00. The van der Waals surface area contributed by atoms with E-state index >= 15 is 0 Å². The standard InChI is InChI=1S/C11H21N5S/c1-8-5-16(7-10(8)15(3)4)6-9-11(12-2)17-14-13-9/h8,10,12H,5-7H2,1-4H3. The molecule has 0 aliphatic carbocycles. The van der Waals surface area contributed by atoms with Crippen LogP contribution in [0.5, 0.6) is 0 Å². The van der Waals surface area contributed by atoms with Crippen molar-refractivity contribution >= 4 is 16.5 Å². The van der Waals surface area contributed by atoms with Gasteiger partial charge in [-0.05, 0) is 20.0 Å². The van der Waals surface area contributed by atoms with Crippen LogP contribution in [0.15, 0.2) is 0 Å². The number of rotatable bonds is 4. The monoisotopic (exact) mass is 255 g/mol. The molecule has 1 aliphatic heterocycles. The molecular formula is C11H21N5S. The molecule has 2 heterocycles. The summed E-state index contributed by atoms with van der Waals surface area (Å²) in [7, 11) is 6.25. The summed E-state index contributed by atoms with van der Waals surface area (Å²) in [6.45, 7) is 5.49. The number of likely N-dealkylation sites (tertiary alicyclic amines) is 1. The lowest BCUT2D eigenvalue weighted by Gasteiger charge is -2.22. The molecule has 0 aromatic carbocycles. The maximum Gasteiger partial charge on any atom is 0.134 e. The second-order valence-corrected chi connectivity index (χ2v) is 5.76. The Morgan fingerprint density at radius 2 is 2.24 bits per heavy atom. The Morgan fingerprint density at radius 1 is 1.47 bits per heavy atom. The topological polar surface area (TPSA) is 44.3 Å². The molecule has 0 radical (unpaired) electrons. The summed E-state index contributed by atoms with van der Waals surface area (Å²) >= 11 is 1.43. The van der Waals surface area contributed by atoms with Crippen molar-refractivity contribution in [2.75, 3.05) is 39.5 Å². The van der Waals surface area contributed by atoms with E-state index in [9.17, 15) is 0 Å². The second kappa shape index (κ2) is 5.29. The van der Waals surface area contributed by atoms with E-state index in [0.29, 0.717) is 6.04 Å². The number of hydrogen-bond acceptors (Lipinski definition) is 6. The SMILES string of the molecule is CNc1snnc1CN1CC(C)C(N(C)C)C1. The summed E-state index contributed by atoms with van der Waals surface area (Å²) in [5, 5.41) is 8.44. The molecule has 0 spiro atoms. The van der Waals surface area contributed by atoms with E-state index in [1.54, 1.807) is 0 Å². The van der Waals surface area contributed by atoms with Crippen LogP contribution in [0.4, 0.5) is 5.00 Å².